The molecular weight excluding hydrogens is 503 g/mol. The van der Waals surface area contributed by atoms with Gasteiger partial charge in [-0.25, -0.2) is 9.59 Å². The Bertz CT molecular complexity index is 674. The summed E-state index contributed by atoms with van der Waals surface area (Å²) >= 11 is 7.65. The highest BCUT2D eigenvalue weighted by Gasteiger charge is 2.23. The summed E-state index contributed by atoms with van der Waals surface area (Å²) in [5, 5.41) is 14.9. The number of carbonyl (C=O) groups is 2. The summed E-state index contributed by atoms with van der Waals surface area (Å²) in [6, 6.07) is 7.54. The number of carboxylic acids is 1. The van der Waals surface area contributed by atoms with Crippen molar-refractivity contribution in [3.63, 3.8) is 0 Å². The second-order valence-electron chi connectivity index (χ2n) is 7.86. The van der Waals surface area contributed by atoms with Gasteiger partial charge >= 0.3 is 12.1 Å². The maximum absolute atomic E-state index is 11.7. The first-order valence-corrected chi connectivity index (χ1v) is 11.3. The standard InChI is InChI=1S/C21H31IN2O4S/c1-21(2,3)28-20(27)24-17(19(25)26)8-4-5-14-23-18(29)9-6-7-15-10-12-16(22)13-11-15/h10-13,17H,4-9,14H2,1-3H3,(H,23,29)(H,24,27)(H,25,26)/t17-/m0/s1. The van der Waals surface area contributed by atoms with Gasteiger partial charge in [-0.1, -0.05) is 24.4 Å². The summed E-state index contributed by atoms with van der Waals surface area (Å²) in [6.45, 7) is 5.90. The number of nitrogens with one attached hydrogen (secondary N) is 2. The zero-order valence-corrected chi connectivity index (χ0v) is 20.3. The van der Waals surface area contributed by atoms with Crippen molar-refractivity contribution in [3.8, 4) is 0 Å². The minimum atomic E-state index is -1.06. The topological polar surface area (TPSA) is 87.7 Å². The Morgan fingerprint density at radius 2 is 1.83 bits per heavy atom. The first kappa shape index (κ1) is 25.6. The fourth-order valence-electron chi connectivity index (χ4n) is 2.60. The summed E-state index contributed by atoms with van der Waals surface area (Å²) in [7, 11) is 0. The van der Waals surface area contributed by atoms with Gasteiger partial charge in [0.1, 0.15) is 11.6 Å². The lowest BCUT2D eigenvalue weighted by atomic mass is 10.1. The molecule has 0 aliphatic carbocycles. The number of halogens is 1. The Morgan fingerprint density at radius 1 is 1.17 bits per heavy atom. The van der Waals surface area contributed by atoms with E-state index in [9.17, 15) is 14.7 Å². The number of amides is 1. The highest BCUT2D eigenvalue weighted by Crippen LogP contribution is 2.10. The van der Waals surface area contributed by atoms with Crippen molar-refractivity contribution in [2.24, 2.45) is 0 Å². The van der Waals surface area contributed by atoms with Crippen LogP contribution in [-0.2, 0) is 16.0 Å². The van der Waals surface area contributed by atoms with Crippen molar-refractivity contribution in [1.29, 1.82) is 0 Å². The van der Waals surface area contributed by atoms with Gasteiger partial charge in [-0.05, 0) is 99.6 Å². The summed E-state index contributed by atoms with van der Waals surface area (Å²) < 4.78 is 6.34. The van der Waals surface area contributed by atoms with Crippen LogP contribution in [0.25, 0.3) is 0 Å². The molecule has 0 spiro atoms. The van der Waals surface area contributed by atoms with Gasteiger partial charge in [-0.3, -0.25) is 0 Å². The highest BCUT2D eigenvalue weighted by molar-refractivity contribution is 14.1. The highest BCUT2D eigenvalue weighted by atomic mass is 127. The van der Waals surface area contributed by atoms with Gasteiger partial charge in [0, 0.05) is 10.1 Å². The summed E-state index contributed by atoms with van der Waals surface area (Å²) in [5.41, 5.74) is 0.650. The van der Waals surface area contributed by atoms with Crippen LogP contribution < -0.4 is 10.6 Å². The number of aryl methyl sites for hydroxylation is 1. The number of hydrogen-bond donors (Lipinski definition) is 3. The number of thiocarbonyl (C=S) groups is 1. The van der Waals surface area contributed by atoms with Crippen LogP contribution in [0.4, 0.5) is 4.79 Å². The number of aliphatic carboxylic acids is 1. The second-order valence-corrected chi connectivity index (χ2v) is 9.60. The van der Waals surface area contributed by atoms with Crippen molar-refractivity contribution >= 4 is 51.9 Å². The zero-order chi connectivity index (χ0) is 21.9. The van der Waals surface area contributed by atoms with Crippen molar-refractivity contribution < 1.29 is 19.4 Å². The molecule has 0 aliphatic heterocycles. The van der Waals surface area contributed by atoms with Crippen LogP contribution in [0, 0.1) is 3.57 Å². The van der Waals surface area contributed by atoms with Gasteiger partial charge in [0.05, 0.1) is 4.99 Å². The number of ether oxygens (including phenoxy) is 1. The molecule has 162 valence electrons. The molecule has 0 unspecified atom stereocenters. The molecule has 0 fully saturated rings. The van der Waals surface area contributed by atoms with Gasteiger partial charge in [-0.15, -0.1) is 0 Å². The number of hydrogen-bond acceptors (Lipinski definition) is 4. The first-order valence-electron chi connectivity index (χ1n) is 9.80. The quantitative estimate of drug-likeness (QED) is 0.217. The lowest BCUT2D eigenvalue weighted by Crippen LogP contribution is -2.43. The van der Waals surface area contributed by atoms with Crippen molar-refractivity contribution in [1.82, 2.24) is 10.6 Å². The largest absolute Gasteiger partial charge is 0.480 e. The Labute approximate surface area is 192 Å². The first-order chi connectivity index (χ1) is 13.6. The van der Waals surface area contributed by atoms with E-state index in [0.717, 1.165) is 30.7 Å². The van der Waals surface area contributed by atoms with Gasteiger partial charge < -0.3 is 20.5 Å². The molecule has 0 aliphatic rings. The molecule has 1 aromatic carbocycles. The van der Waals surface area contributed by atoms with Crippen LogP contribution in [-0.4, -0.2) is 40.3 Å². The minimum Gasteiger partial charge on any atom is -0.480 e. The van der Waals surface area contributed by atoms with E-state index in [1.54, 1.807) is 20.8 Å². The van der Waals surface area contributed by atoms with Crippen LogP contribution in [0.3, 0.4) is 0 Å². The van der Waals surface area contributed by atoms with E-state index in [1.165, 1.54) is 9.13 Å². The van der Waals surface area contributed by atoms with E-state index in [1.807, 2.05) is 0 Å². The molecule has 0 radical (unpaired) electrons. The lowest BCUT2D eigenvalue weighted by molar-refractivity contribution is -0.139. The molecule has 0 saturated heterocycles. The Morgan fingerprint density at radius 3 is 2.41 bits per heavy atom. The molecule has 0 saturated carbocycles. The third-order valence-electron chi connectivity index (χ3n) is 4.01. The second kappa shape index (κ2) is 13.0. The van der Waals surface area contributed by atoms with Crippen LogP contribution in [0.2, 0.25) is 0 Å². The van der Waals surface area contributed by atoms with Crippen LogP contribution in [0.5, 0.6) is 0 Å². The van der Waals surface area contributed by atoms with Gasteiger partial charge in [-0.2, -0.15) is 0 Å². The predicted molar refractivity (Wildman–Crippen MR) is 127 cm³/mol. The maximum Gasteiger partial charge on any atom is 0.408 e. The van der Waals surface area contributed by atoms with Crippen LogP contribution in [0.15, 0.2) is 24.3 Å². The maximum atomic E-state index is 11.7. The fraction of sp³-hybridized carbons (Fsp3) is 0.571. The number of carboxylic acid groups (broad SMARTS) is 1. The predicted octanol–water partition coefficient (Wildman–Crippen LogP) is 4.68. The van der Waals surface area contributed by atoms with Crippen molar-refractivity contribution in [3.05, 3.63) is 33.4 Å². The van der Waals surface area contributed by atoms with Gasteiger partial charge in [0.15, 0.2) is 0 Å². The number of unbranched alkanes of at least 4 members (excludes halogenated alkanes) is 1. The van der Waals surface area contributed by atoms with Gasteiger partial charge in [0.25, 0.3) is 0 Å². The van der Waals surface area contributed by atoms with Crippen LogP contribution in [0.1, 0.15) is 58.4 Å². The van der Waals surface area contributed by atoms with E-state index in [-0.39, 0.29) is 0 Å². The molecule has 0 heterocycles. The van der Waals surface area contributed by atoms with Crippen molar-refractivity contribution in [2.45, 2.75) is 70.9 Å². The molecule has 29 heavy (non-hydrogen) atoms. The Balaban J connectivity index is 2.18. The molecule has 1 atom stereocenters. The molecule has 3 N–H and O–H groups in total. The van der Waals surface area contributed by atoms with E-state index < -0.39 is 23.7 Å². The molecule has 0 bridgehead atoms. The number of alkyl carbamates (subject to hydrolysis) is 1. The smallest absolute Gasteiger partial charge is 0.408 e. The molecule has 6 nitrogen and oxygen atoms in total. The Hall–Kier alpha value is -1.42. The van der Waals surface area contributed by atoms with E-state index in [2.05, 4.69) is 57.5 Å². The normalized spacial score (nSPS) is 12.1. The molecule has 0 aromatic heterocycles. The minimum absolute atomic E-state index is 0.343. The molecule has 8 heteroatoms. The van der Waals surface area contributed by atoms with E-state index in [4.69, 9.17) is 17.0 Å². The zero-order valence-electron chi connectivity index (χ0n) is 17.3. The molecular formula is C21H31IN2O4S. The van der Waals surface area contributed by atoms with E-state index in [0.29, 0.717) is 19.4 Å². The average Bonchev–Trinajstić information content (AvgIpc) is 2.60. The van der Waals surface area contributed by atoms with Gasteiger partial charge in [0.2, 0.25) is 0 Å². The third-order valence-corrected chi connectivity index (χ3v) is 5.08. The van der Waals surface area contributed by atoms with Crippen molar-refractivity contribution in [2.75, 3.05) is 6.54 Å². The SMILES string of the molecule is CC(C)(C)OC(=O)N[C@@H](CCCCNC(=S)CCCc1ccc(I)cc1)C(=O)O. The number of benzene rings is 1. The lowest BCUT2D eigenvalue weighted by Gasteiger charge is -2.22. The average molecular weight is 534 g/mol. The fourth-order valence-corrected chi connectivity index (χ4v) is 3.21. The summed E-state index contributed by atoms with van der Waals surface area (Å²) in [6.07, 6.45) is 3.89. The summed E-state index contributed by atoms with van der Waals surface area (Å²) in [5.74, 6) is -1.06. The third kappa shape index (κ3) is 12.7. The molecule has 1 amide bonds. The van der Waals surface area contributed by atoms with E-state index >= 15 is 0 Å². The summed E-state index contributed by atoms with van der Waals surface area (Å²) in [4.78, 5) is 23.9. The number of rotatable bonds is 11. The molecule has 1 rings (SSSR count). The number of carbonyl (C=O) groups excluding carboxylic acids is 1. The van der Waals surface area contributed by atoms with Crippen LogP contribution >= 0.6 is 34.8 Å². The molecule has 1 aromatic rings. The monoisotopic (exact) mass is 534 g/mol. The Kier molecular flexibility index (Phi) is 11.5.